The lowest BCUT2D eigenvalue weighted by molar-refractivity contribution is 0.102. The van der Waals surface area contributed by atoms with E-state index in [2.05, 4.69) is 16.0 Å². The molecule has 0 spiro atoms. The Balaban J connectivity index is 1.92. The third kappa shape index (κ3) is 3.95. The molecule has 3 rings (SSSR count). The maximum absolute atomic E-state index is 13.4. The Labute approximate surface area is 158 Å². The number of hydrogen-bond donors (Lipinski definition) is 3. The smallest absolute Gasteiger partial charge is 0.315 e. The van der Waals surface area contributed by atoms with Gasteiger partial charge in [0.25, 0.3) is 5.91 Å². The maximum Gasteiger partial charge on any atom is 0.315 e. The van der Waals surface area contributed by atoms with E-state index in [0.29, 0.717) is 17.0 Å². The van der Waals surface area contributed by atoms with Crippen molar-refractivity contribution in [2.45, 2.75) is 12.5 Å². The van der Waals surface area contributed by atoms with Crippen LogP contribution >= 0.6 is 11.6 Å². The highest BCUT2D eigenvalue weighted by atomic mass is 35.5. The standard InChI is InChI=1S/C18H16ClF2N3O3/c1-22-18(26)24-14-6-7-27-16-10(3-4-11(19)15(14)16)17(25)23-9-2-5-12(20)13(21)8-9/h2-5,8,14H,6-7H2,1H3,(H,23,25)(H2,22,24,26)/t14-/m0/s1. The summed E-state index contributed by atoms with van der Waals surface area (Å²) < 4.78 is 32.0. The molecule has 0 aliphatic carbocycles. The summed E-state index contributed by atoms with van der Waals surface area (Å²) >= 11 is 6.26. The average Bonchev–Trinajstić information content (AvgIpc) is 2.65. The largest absolute Gasteiger partial charge is 0.492 e. The quantitative estimate of drug-likeness (QED) is 0.742. The molecular formula is C18H16ClF2N3O3. The molecule has 3 N–H and O–H groups in total. The number of anilines is 1. The van der Waals surface area contributed by atoms with Gasteiger partial charge in [0.1, 0.15) is 5.75 Å². The number of ether oxygens (including phenoxy) is 1. The van der Waals surface area contributed by atoms with E-state index >= 15 is 0 Å². The van der Waals surface area contributed by atoms with Gasteiger partial charge in [-0.2, -0.15) is 0 Å². The van der Waals surface area contributed by atoms with E-state index in [1.807, 2.05) is 0 Å². The first-order chi connectivity index (χ1) is 12.9. The number of amides is 3. The Morgan fingerprint density at radius 1 is 1.19 bits per heavy atom. The number of halogens is 3. The van der Waals surface area contributed by atoms with Crippen LogP contribution in [0.1, 0.15) is 28.4 Å². The Kier molecular flexibility index (Phi) is 5.46. The normalized spacial score (nSPS) is 15.3. The fourth-order valence-electron chi connectivity index (χ4n) is 2.80. The van der Waals surface area contributed by atoms with Crippen LogP contribution in [0.15, 0.2) is 30.3 Å². The highest BCUT2D eigenvalue weighted by molar-refractivity contribution is 6.32. The van der Waals surface area contributed by atoms with E-state index in [4.69, 9.17) is 16.3 Å². The number of benzene rings is 2. The molecule has 1 aliphatic heterocycles. The van der Waals surface area contributed by atoms with Gasteiger partial charge in [-0.1, -0.05) is 11.6 Å². The van der Waals surface area contributed by atoms with Crippen LogP contribution in [0.4, 0.5) is 19.3 Å². The van der Waals surface area contributed by atoms with Crippen LogP contribution in [0.5, 0.6) is 5.75 Å². The van der Waals surface area contributed by atoms with Crippen LogP contribution < -0.4 is 20.7 Å². The van der Waals surface area contributed by atoms with E-state index in [1.54, 1.807) is 0 Å². The van der Waals surface area contributed by atoms with Crippen LogP contribution in [0, 0.1) is 11.6 Å². The van der Waals surface area contributed by atoms with Crippen molar-refractivity contribution in [2.24, 2.45) is 0 Å². The van der Waals surface area contributed by atoms with E-state index in [-0.39, 0.29) is 29.6 Å². The van der Waals surface area contributed by atoms with Gasteiger partial charge in [0.15, 0.2) is 11.6 Å². The van der Waals surface area contributed by atoms with Crippen molar-refractivity contribution in [1.29, 1.82) is 0 Å². The predicted octanol–water partition coefficient (Wildman–Crippen LogP) is 3.62. The average molecular weight is 396 g/mol. The Bertz CT molecular complexity index is 908. The molecule has 9 heteroatoms. The molecule has 0 aromatic heterocycles. The summed E-state index contributed by atoms with van der Waals surface area (Å²) in [5, 5.41) is 8.06. The number of nitrogens with one attached hydrogen (secondary N) is 3. The fourth-order valence-corrected chi connectivity index (χ4v) is 3.09. The number of urea groups is 1. The lowest BCUT2D eigenvalue weighted by atomic mass is 9.97. The fraction of sp³-hybridized carbons (Fsp3) is 0.222. The molecule has 0 bridgehead atoms. The van der Waals surface area contributed by atoms with Gasteiger partial charge < -0.3 is 20.7 Å². The van der Waals surface area contributed by atoms with Crippen molar-refractivity contribution in [3.63, 3.8) is 0 Å². The molecule has 142 valence electrons. The van der Waals surface area contributed by atoms with Gasteiger partial charge in [-0.25, -0.2) is 13.6 Å². The number of fused-ring (bicyclic) bond motifs is 1. The van der Waals surface area contributed by atoms with Crippen molar-refractivity contribution < 1.29 is 23.1 Å². The molecule has 1 heterocycles. The van der Waals surface area contributed by atoms with Gasteiger partial charge in [-0.3, -0.25) is 4.79 Å². The summed E-state index contributed by atoms with van der Waals surface area (Å²) in [4.78, 5) is 24.3. The summed E-state index contributed by atoms with van der Waals surface area (Å²) in [6.45, 7) is 0.271. The van der Waals surface area contributed by atoms with Gasteiger partial charge >= 0.3 is 6.03 Å². The van der Waals surface area contributed by atoms with Crippen molar-refractivity contribution in [3.05, 3.63) is 58.1 Å². The maximum atomic E-state index is 13.4. The van der Waals surface area contributed by atoms with Gasteiger partial charge in [0, 0.05) is 35.8 Å². The van der Waals surface area contributed by atoms with Crippen molar-refractivity contribution >= 4 is 29.2 Å². The molecule has 6 nitrogen and oxygen atoms in total. The minimum absolute atomic E-state index is 0.0958. The number of carbonyl (C=O) groups is 2. The molecule has 0 radical (unpaired) electrons. The Hall–Kier alpha value is -2.87. The zero-order chi connectivity index (χ0) is 19.6. The Morgan fingerprint density at radius 3 is 2.67 bits per heavy atom. The molecule has 2 aromatic carbocycles. The van der Waals surface area contributed by atoms with Crippen molar-refractivity contribution in [2.75, 3.05) is 19.0 Å². The molecular weight excluding hydrogens is 380 g/mol. The highest BCUT2D eigenvalue weighted by Gasteiger charge is 2.29. The summed E-state index contributed by atoms with van der Waals surface area (Å²) in [6, 6.07) is 5.22. The molecule has 0 saturated heterocycles. The molecule has 0 unspecified atom stereocenters. The summed E-state index contributed by atoms with van der Waals surface area (Å²) in [7, 11) is 1.49. The van der Waals surface area contributed by atoms with Crippen LogP contribution in [-0.2, 0) is 0 Å². The van der Waals surface area contributed by atoms with Crippen LogP contribution in [0.2, 0.25) is 5.02 Å². The number of rotatable bonds is 3. The van der Waals surface area contributed by atoms with Crippen LogP contribution in [0.25, 0.3) is 0 Å². The van der Waals surface area contributed by atoms with Crippen molar-refractivity contribution in [1.82, 2.24) is 10.6 Å². The summed E-state index contributed by atoms with van der Waals surface area (Å²) in [6.07, 6.45) is 0.481. The third-order valence-electron chi connectivity index (χ3n) is 4.10. The van der Waals surface area contributed by atoms with E-state index in [9.17, 15) is 18.4 Å². The van der Waals surface area contributed by atoms with Crippen LogP contribution in [-0.4, -0.2) is 25.6 Å². The monoisotopic (exact) mass is 395 g/mol. The number of carbonyl (C=O) groups excluding carboxylic acids is 2. The lowest BCUT2D eigenvalue weighted by Gasteiger charge is -2.29. The highest BCUT2D eigenvalue weighted by Crippen LogP contribution is 2.40. The van der Waals surface area contributed by atoms with E-state index in [0.717, 1.165) is 12.1 Å². The minimum Gasteiger partial charge on any atom is -0.492 e. The lowest BCUT2D eigenvalue weighted by Crippen LogP contribution is -2.38. The van der Waals surface area contributed by atoms with Crippen LogP contribution in [0.3, 0.4) is 0 Å². The van der Waals surface area contributed by atoms with E-state index in [1.165, 1.54) is 25.2 Å². The van der Waals surface area contributed by atoms with Gasteiger partial charge in [0.2, 0.25) is 0 Å². The van der Waals surface area contributed by atoms with Gasteiger partial charge in [0.05, 0.1) is 18.2 Å². The summed E-state index contributed by atoms with van der Waals surface area (Å²) in [5.41, 5.74) is 0.755. The zero-order valence-corrected chi connectivity index (χ0v) is 15.0. The Morgan fingerprint density at radius 2 is 1.96 bits per heavy atom. The second-order valence-electron chi connectivity index (χ2n) is 5.83. The first-order valence-corrected chi connectivity index (χ1v) is 8.48. The second-order valence-corrected chi connectivity index (χ2v) is 6.24. The molecule has 2 aromatic rings. The second kappa shape index (κ2) is 7.79. The van der Waals surface area contributed by atoms with Crippen molar-refractivity contribution in [3.8, 4) is 5.75 Å². The van der Waals surface area contributed by atoms with Gasteiger partial charge in [-0.05, 0) is 24.3 Å². The molecule has 1 aliphatic rings. The molecule has 0 fully saturated rings. The topological polar surface area (TPSA) is 79.5 Å². The first-order valence-electron chi connectivity index (χ1n) is 8.10. The molecule has 0 saturated carbocycles. The van der Waals surface area contributed by atoms with E-state index < -0.39 is 23.6 Å². The third-order valence-corrected chi connectivity index (χ3v) is 4.43. The first kappa shape index (κ1) is 18.9. The minimum atomic E-state index is -1.07. The number of hydrogen-bond acceptors (Lipinski definition) is 3. The van der Waals surface area contributed by atoms with Gasteiger partial charge in [-0.15, -0.1) is 0 Å². The summed E-state index contributed by atoms with van der Waals surface area (Å²) in [5.74, 6) is -2.41. The molecule has 3 amide bonds. The molecule has 27 heavy (non-hydrogen) atoms. The molecule has 1 atom stereocenters. The predicted molar refractivity (Wildman–Crippen MR) is 96.2 cm³/mol. The zero-order valence-electron chi connectivity index (χ0n) is 14.2. The SMILES string of the molecule is CNC(=O)N[C@H]1CCOc2c(C(=O)Nc3ccc(F)c(F)c3)ccc(Cl)c21.